The molecule has 6 aliphatic carbocycles. The van der Waals surface area contributed by atoms with E-state index in [0.717, 1.165) is 25.7 Å². The third-order valence-electron chi connectivity index (χ3n) is 9.83. The van der Waals surface area contributed by atoms with Gasteiger partial charge >= 0.3 is 23.2 Å². The number of ether oxygens (including phenoxy) is 3. The van der Waals surface area contributed by atoms with Gasteiger partial charge in [-0.1, -0.05) is 6.92 Å². The van der Waals surface area contributed by atoms with Gasteiger partial charge in [0, 0.05) is 11.8 Å². The molecule has 7 fully saturated rings. The Bertz CT molecular complexity index is 901. The van der Waals surface area contributed by atoms with Crippen LogP contribution in [0.1, 0.15) is 51.9 Å². The van der Waals surface area contributed by atoms with Gasteiger partial charge in [0.25, 0.3) is 0 Å². The number of fused-ring (bicyclic) bond motifs is 1. The zero-order valence-corrected chi connectivity index (χ0v) is 19.9. The van der Waals surface area contributed by atoms with Crippen LogP contribution in [0.15, 0.2) is 0 Å². The highest BCUT2D eigenvalue weighted by molar-refractivity contribution is 7.96. The second-order valence-corrected chi connectivity index (χ2v) is 12.0. The van der Waals surface area contributed by atoms with Crippen molar-refractivity contribution >= 4 is 30.0 Å². The Balaban J connectivity index is 1.22. The first-order valence-corrected chi connectivity index (χ1v) is 13.1. The summed E-state index contributed by atoms with van der Waals surface area (Å²) in [6, 6.07) is 0. The maximum atomic E-state index is 14.0. The Morgan fingerprint density at radius 1 is 1.11 bits per heavy atom. The van der Waals surface area contributed by atoms with Gasteiger partial charge in [-0.15, -0.1) is 0 Å². The third-order valence-corrected chi connectivity index (χ3v) is 10.3. The maximum absolute atomic E-state index is 14.0. The lowest BCUT2D eigenvalue weighted by atomic mass is 9.49. The number of carbonyl (C=O) groups is 3. The van der Waals surface area contributed by atoms with Crippen LogP contribution in [-0.4, -0.2) is 41.0 Å². The van der Waals surface area contributed by atoms with Crippen molar-refractivity contribution in [3.05, 3.63) is 0 Å². The van der Waals surface area contributed by atoms with Gasteiger partial charge in [-0.3, -0.25) is 14.6 Å². The fourth-order valence-corrected chi connectivity index (χ4v) is 9.03. The van der Waals surface area contributed by atoms with Gasteiger partial charge in [-0.25, -0.2) is 4.79 Å². The quantitative estimate of drug-likeness (QED) is 0.156. The van der Waals surface area contributed by atoms with Crippen molar-refractivity contribution in [3.8, 4) is 0 Å². The molecule has 7 aliphatic rings. The summed E-state index contributed by atoms with van der Waals surface area (Å²) in [7, 11) is 0. The first-order chi connectivity index (χ1) is 16.7. The van der Waals surface area contributed by atoms with Crippen molar-refractivity contribution in [2.45, 2.75) is 74.9 Å². The molecule has 1 saturated heterocycles. The van der Waals surface area contributed by atoms with E-state index in [-0.39, 0.29) is 0 Å². The molecular formula is C23H27F2O9S-. The van der Waals surface area contributed by atoms with Crippen LogP contribution in [-0.2, 0) is 38.0 Å². The van der Waals surface area contributed by atoms with E-state index in [0.29, 0.717) is 36.5 Å². The molecule has 1 heterocycles. The zero-order chi connectivity index (χ0) is 24.7. The van der Waals surface area contributed by atoms with E-state index in [9.17, 15) is 28.4 Å². The molecule has 35 heavy (non-hydrogen) atoms. The molecule has 0 aromatic carbocycles. The van der Waals surface area contributed by atoms with Crippen LogP contribution >= 0.6 is 12.0 Å². The number of esters is 3. The summed E-state index contributed by atoms with van der Waals surface area (Å²) < 4.78 is 48.4. The number of halogens is 2. The van der Waals surface area contributed by atoms with E-state index in [2.05, 4.69) is 9.37 Å². The molecule has 1 aliphatic heterocycles. The smallest absolute Gasteiger partial charge is 0.415 e. The highest BCUT2D eigenvalue weighted by Crippen LogP contribution is 2.63. The van der Waals surface area contributed by atoms with Crippen molar-refractivity contribution in [2.24, 2.45) is 47.3 Å². The average molecular weight is 518 g/mol. The summed E-state index contributed by atoms with van der Waals surface area (Å²) in [5.41, 5.74) is -0.570. The van der Waals surface area contributed by atoms with Crippen LogP contribution in [0, 0.1) is 47.3 Å². The lowest BCUT2D eigenvalue weighted by molar-refractivity contribution is -0.777. The summed E-state index contributed by atoms with van der Waals surface area (Å²) in [4.78, 5) is 38.5. The molecule has 9 nitrogen and oxygen atoms in total. The molecular weight excluding hydrogens is 490 g/mol. The van der Waals surface area contributed by atoms with Gasteiger partial charge in [0.2, 0.25) is 0 Å². The molecule has 6 unspecified atom stereocenters. The first kappa shape index (κ1) is 23.9. The summed E-state index contributed by atoms with van der Waals surface area (Å²) in [6.07, 6.45) is 4.36. The van der Waals surface area contributed by atoms with Crippen LogP contribution in [0.3, 0.4) is 0 Å². The van der Waals surface area contributed by atoms with Gasteiger partial charge in [-0.2, -0.15) is 13.1 Å². The molecule has 0 amide bonds. The Kier molecular flexibility index (Phi) is 5.63. The van der Waals surface area contributed by atoms with Gasteiger partial charge < -0.3 is 19.5 Å². The average Bonchev–Trinajstić information content (AvgIpc) is 3.43. The van der Waals surface area contributed by atoms with Crippen molar-refractivity contribution in [1.82, 2.24) is 0 Å². The fraction of sp³-hybridized carbons (Fsp3) is 0.870. The van der Waals surface area contributed by atoms with Gasteiger partial charge in [0.15, 0.2) is 0 Å². The largest absolute Gasteiger partial charge is 0.691 e. The molecule has 6 saturated carbocycles. The molecule has 0 aromatic rings. The number of hydrogen-bond acceptors (Lipinski definition) is 10. The van der Waals surface area contributed by atoms with E-state index in [1.165, 1.54) is 6.42 Å². The van der Waals surface area contributed by atoms with Crippen LogP contribution < -0.4 is 5.26 Å². The minimum atomic E-state index is -4.23. The minimum absolute atomic E-state index is 0.294. The standard InChI is InChI=1S/C23H28F2O9S/c1-2-22(11-4-9-3-10(6-11)7-12(22)5-9)32-20(27)16-14-8-13-15(16)19(26)30-17(13)18(14)31-21(28)23(24,25)35-34-33-29/h9-18,29H,2-8H2,1H3/p-1. The van der Waals surface area contributed by atoms with Crippen LogP contribution in [0.2, 0.25) is 0 Å². The Morgan fingerprint density at radius 3 is 2.37 bits per heavy atom. The predicted octanol–water partition coefficient (Wildman–Crippen LogP) is 2.32. The van der Waals surface area contributed by atoms with Crippen molar-refractivity contribution in [2.75, 3.05) is 0 Å². The SMILES string of the molecule is CCC1(OC(=O)C2C3CC4C(OC(=O)C42)C3OC(=O)C(F)(F)SOO[O-])C2CC3CC(C2)CC1C3. The molecule has 7 rings (SSSR count). The highest BCUT2D eigenvalue weighted by atomic mass is 32.2. The number of carbonyl (C=O) groups excluding carboxylic acids is 3. The molecule has 6 atom stereocenters. The number of hydrogen-bond donors (Lipinski definition) is 0. The number of alkyl halides is 2. The Hall–Kier alpha value is -1.50. The second kappa shape index (κ2) is 8.26. The molecule has 0 radical (unpaired) electrons. The summed E-state index contributed by atoms with van der Waals surface area (Å²) in [6.45, 7) is 2.04. The van der Waals surface area contributed by atoms with Gasteiger partial charge in [0.05, 0.1) is 11.8 Å². The van der Waals surface area contributed by atoms with Gasteiger partial charge in [0.1, 0.15) is 29.9 Å². The van der Waals surface area contributed by atoms with Crippen molar-refractivity contribution in [3.63, 3.8) is 0 Å². The Labute approximate surface area is 204 Å². The zero-order valence-electron chi connectivity index (χ0n) is 19.1. The predicted molar refractivity (Wildman–Crippen MR) is 109 cm³/mol. The lowest BCUT2D eigenvalue weighted by Gasteiger charge is -2.60. The summed E-state index contributed by atoms with van der Waals surface area (Å²) >= 11 is -0.786. The molecule has 0 spiro atoms. The molecule has 194 valence electrons. The van der Waals surface area contributed by atoms with Crippen molar-refractivity contribution in [1.29, 1.82) is 0 Å². The first-order valence-electron chi connectivity index (χ1n) is 12.3. The second-order valence-electron chi connectivity index (χ2n) is 11.2. The van der Waals surface area contributed by atoms with E-state index >= 15 is 0 Å². The summed E-state index contributed by atoms with van der Waals surface area (Å²) in [5, 5.41) is 8.54. The van der Waals surface area contributed by atoms with E-state index in [1.54, 1.807) is 0 Å². The van der Waals surface area contributed by atoms with Gasteiger partial charge in [-0.05, 0) is 68.6 Å². The summed E-state index contributed by atoms with van der Waals surface area (Å²) in [5.74, 6) is -3.80. The van der Waals surface area contributed by atoms with Crippen molar-refractivity contribution < 1.29 is 52.0 Å². The lowest BCUT2D eigenvalue weighted by Crippen LogP contribution is -2.60. The molecule has 0 N–H and O–H groups in total. The molecule has 6 bridgehead atoms. The maximum Gasteiger partial charge on any atom is 0.415 e. The number of rotatable bonds is 8. The fourth-order valence-electron chi connectivity index (χ4n) is 8.81. The molecule has 0 aromatic heterocycles. The normalized spacial score (nSPS) is 46.7. The van der Waals surface area contributed by atoms with E-state index in [4.69, 9.17) is 14.2 Å². The van der Waals surface area contributed by atoms with E-state index in [1.807, 2.05) is 6.92 Å². The third kappa shape index (κ3) is 3.46. The van der Waals surface area contributed by atoms with Crippen LogP contribution in [0.5, 0.6) is 0 Å². The topological polar surface area (TPSA) is 120 Å². The van der Waals surface area contributed by atoms with Crippen LogP contribution in [0.4, 0.5) is 8.78 Å². The van der Waals surface area contributed by atoms with Crippen LogP contribution in [0.25, 0.3) is 0 Å². The molecule has 12 heteroatoms. The highest BCUT2D eigenvalue weighted by Gasteiger charge is 2.71. The van der Waals surface area contributed by atoms with E-state index < -0.39 is 76.7 Å². The minimum Gasteiger partial charge on any atom is -0.691 e. The monoisotopic (exact) mass is 517 g/mol. The Morgan fingerprint density at radius 2 is 1.77 bits per heavy atom.